The Morgan fingerprint density at radius 3 is 2.47 bits per heavy atom. The van der Waals surface area contributed by atoms with Gasteiger partial charge in [-0.2, -0.15) is 0 Å². The van der Waals surface area contributed by atoms with Crippen LogP contribution < -0.4 is 16.8 Å². The van der Waals surface area contributed by atoms with Gasteiger partial charge in [0.2, 0.25) is 5.91 Å². The number of nitrogens with one attached hydrogen (secondary N) is 1. The first-order valence-corrected chi connectivity index (χ1v) is 6.14. The van der Waals surface area contributed by atoms with Crippen molar-refractivity contribution in [2.45, 2.75) is 0 Å². The van der Waals surface area contributed by atoms with Gasteiger partial charge in [0, 0.05) is 10.6 Å². The maximum Gasteiger partial charge on any atom is 0.248 e. The smallest absolute Gasteiger partial charge is 0.248 e. The summed E-state index contributed by atoms with van der Waals surface area (Å²) in [6, 6.07) is 9.73. The standard InChI is InChI=1S/C13H11Cl2N3O/c14-8-2-3-9(15)11(6-8)18-12-5-7(13(17)19)1-4-10(12)16/h1-6,18H,16H2,(H2,17,19). The highest BCUT2D eigenvalue weighted by molar-refractivity contribution is 6.35. The number of anilines is 3. The predicted octanol–water partition coefficient (Wildman–Crippen LogP) is 3.42. The van der Waals surface area contributed by atoms with Crippen molar-refractivity contribution in [3.63, 3.8) is 0 Å². The number of hydrogen-bond donors (Lipinski definition) is 3. The molecular weight excluding hydrogens is 285 g/mol. The molecule has 0 aromatic heterocycles. The zero-order valence-corrected chi connectivity index (χ0v) is 11.3. The van der Waals surface area contributed by atoms with Crippen molar-refractivity contribution in [1.29, 1.82) is 0 Å². The van der Waals surface area contributed by atoms with E-state index in [-0.39, 0.29) is 0 Å². The van der Waals surface area contributed by atoms with E-state index in [9.17, 15) is 4.79 Å². The monoisotopic (exact) mass is 295 g/mol. The molecule has 0 saturated heterocycles. The van der Waals surface area contributed by atoms with E-state index in [0.29, 0.717) is 32.7 Å². The van der Waals surface area contributed by atoms with Gasteiger partial charge < -0.3 is 16.8 Å². The molecule has 0 aliphatic carbocycles. The molecule has 0 aliphatic heterocycles. The van der Waals surface area contributed by atoms with Crippen LogP contribution in [-0.2, 0) is 0 Å². The number of nitrogens with two attached hydrogens (primary N) is 2. The second-order valence-corrected chi connectivity index (χ2v) is 4.76. The fourth-order valence-corrected chi connectivity index (χ4v) is 1.89. The van der Waals surface area contributed by atoms with Gasteiger partial charge >= 0.3 is 0 Å². The van der Waals surface area contributed by atoms with Crippen LogP contribution in [0.3, 0.4) is 0 Å². The number of amides is 1. The fraction of sp³-hybridized carbons (Fsp3) is 0. The van der Waals surface area contributed by atoms with E-state index in [1.165, 1.54) is 0 Å². The van der Waals surface area contributed by atoms with Crippen molar-refractivity contribution >= 4 is 46.2 Å². The van der Waals surface area contributed by atoms with Gasteiger partial charge in [-0.3, -0.25) is 4.79 Å². The van der Waals surface area contributed by atoms with Crippen LogP contribution in [0.15, 0.2) is 36.4 Å². The van der Waals surface area contributed by atoms with Crippen LogP contribution in [0.2, 0.25) is 10.0 Å². The van der Waals surface area contributed by atoms with Gasteiger partial charge in [0.05, 0.1) is 22.1 Å². The Labute approximate surface area is 120 Å². The summed E-state index contributed by atoms with van der Waals surface area (Å²) in [6.07, 6.45) is 0. The van der Waals surface area contributed by atoms with Gasteiger partial charge in [0.1, 0.15) is 0 Å². The van der Waals surface area contributed by atoms with Crippen molar-refractivity contribution in [3.05, 3.63) is 52.0 Å². The summed E-state index contributed by atoms with van der Waals surface area (Å²) in [5.74, 6) is -0.528. The maximum atomic E-state index is 11.1. The zero-order chi connectivity index (χ0) is 14.0. The van der Waals surface area contributed by atoms with E-state index < -0.39 is 5.91 Å². The van der Waals surface area contributed by atoms with Gasteiger partial charge in [-0.25, -0.2) is 0 Å². The van der Waals surface area contributed by atoms with E-state index in [1.54, 1.807) is 36.4 Å². The molecule has 4 nitrogen and oxygen atoms in total. The first-order chi connectivity index (χ1) is 8.97. The molecule has 0 heterocycles. The molecule has 0 aliphatic rings. The minimum absolute atomic E-state index is 0.356. The number of rotatable bonds is 3. The Hall–Kier alpha value is -1.91. The van der Waals surface area contributed by atoms with Crippen molar-refractivity contribution < 1.29 is 4.79 Å². The van der Waals surface area contributed by atoms with Gasteiger partial charge in [-0.1, -0.05) is 23.2 Å². The number of hydrogen-bond acceptors (Lipinski definition) is 3. The SMILES string of the molecule is NC(=O)c1ccc(N)c(Nc2cc(Cl)ccc2Cl)c1. The van der Waals surface area contributed by atoms with Gasteiger partial charge in [-0.05, 0) is 36.4 Å². The lowest BCUT2D eigenvalue weighted by molar-refractivity contribution is 0.100. The van der Waals surface area contributed by atoms with Crippen LogP contribution in [0.4, 0.5) is 17.1 Å². The van der Waals surface area contributed by atoms with Crippen molar-refractivity contribution in [2.75, 3.05) is 11.1 Å². The number of carbonyl (C=O) groups excluding carboxylic acids is 1. The summed E-state index contributed by atoms with van der Waals surface area (Å²) in [4.78, 5) is 11.1. The Balaban J connectivity index is 2.40. The summed E-state index contributed by atoms with van der Waals surface area (Å²) < 4.78 is 0. The van der Waals surface area contributed by atoms with Crippen molar-refractivity contribution in [2.24, 2.45) is 5.73 Å². The van der Waals surface area contributed by atoms with Crippen molar-refractivity contribution in [3.8, 4) is 0 Å². The van der Waals surface area contributed by atoms with E-state index in [1.807, 2.05) is 0 Å². The third kappa shape index (κ3) is 3.10. The maximum absolute atomic E-state index is 11.1. The highest BCUT2D eigenvalue weighted by atomic mass is 35.5. The third-order valence-corrected chi connectivity index (χ3v) is 3.10. The topological polar surface area (TPSA) is 81.1 Å². The number of benzene rings is 2. The van der Waals surface area contributed by atoms with E-state index in [4.69, 9.17) is 34.7 Å². The normalized spacial score (nSPS) is 10.2. The molecule has 2 rings (SSSR count). The Morgan fingerprint density at radius 2 is 1.79 bits per heavy atom. The first kappa shape index (κ1) is 13.5. The number of carbonyl (C=O) groups is 1. The second-order valence-electron chi connectivity index (χ2n) is 3.92. The predicted molar refractivity (Wildman–Crippen MR) is 79.1 cm³/mol. The lowest BCUT2D eigenvalue weighted by Gasteiger charge is -2.12. The Morgan fingerprint density at radius 1 is 1.05 bits per heavy atom. The minimum Gasteiger partial charge on any atom is -0.397 e. The van der Waals surface area contributed by atoms with Gasteiger partial charge in [-0.15, -0.1) is 0 Å². The van der Waals surface area contributed by atoms with Crippen molar-refractivity contribution in [1.82, 2.24) is 0 Å². The molecule has 1 amide bonds. The molecule has 6 heteroatoms. The quantitative estimate of drug-likeness (QED) is 0.759. The number of primary amides is 1. The first-order valence-electron chi connectivity index (χ1n) is 5.39. The van der Waals surface area contributed by atoms with Crippen LogP contribution in [-0.4, -0.2) is 5.91 Å². The summed E-state index contributed by atoms with van der Waals surface area (Å²) in [5.41, 5.74) is 13.0. The van der Waals surface area contributed by atoms with E-state index >= 15 is 0 Å². The molecule has 0 fully saturated rings. The van der Waals surface area contributed by atoms with Crippen LogP contribution in [0.1, 0.15) is 10.4 Å². The lowest BCUT2D eigenvalue weighted by atomic mass is 10.1. The van der Waals surface area contributed by atoms with Crippen LogP contribution >= 0.6 is 23.2 Å². The molecule has 0 atom stereocenters. The molecule has 0 unspecified atom stereocenters. The average Bonchev–Trinajstić information content (AvgIpc) is 2.36. The summed E-state index contributed by atoms with van der Waals surface area (Å²) in [6.45, 7) is 0. The lowest BCUT2D eigenvalue weighted by Crippen LogP contribution is -2.11. The van der Waals surface area contributed by atoms with Crippen LogP contribution in [0, 0.1) is 0 Å². The second kappa shape index (κ2) is 5.38. The Kier molecular flexibility index (Phi) is 3.83. The molecule has 2 aromatic carbocycles. The summed E-state index contributed by atoms with van der Waals surface area (Å²) in [7, 11) is 0. The Bertz CT molecular complexity index is 644. The average molecular weight is 296 g/mol. The van der Waals surface area contributed by atoms with Gasteiger partial charge in [0.25, 0.3) is 0 Å². The van der Waals surface area contributed by atoms with Crippen LogP contribution in [0.25, 0.3) is 0 Å². The molecule has 2 aromatic rings. The third-order valence-electron chi connectivity index (χ3n) is 2.54. The molecule has 98 valence electrons. The molecular formula is C13H11Cl2N3O. The largest absolute Gasteiger partial charge is 0.397 e. The summed E-state index contributed by atoms with van der Waals surface area (Å²) in [5, 5.41) is 4.06. The molecule has 0 spiro atoms. The number of halogens is 2. The zero-order valence-electron chi connectivity index (χ0n) is 9.78. The molecule has 0 radical (unpaired) electrons. The molecule has 19 heavy (non-hydrogen) atoms. The summed E-state index contributed by atoms with van der Waals surface area (Å²) >= 11 is 11.9. The fourth-order valence-electron chi connectivity index (χ4n) is 1.56. The molecule has 5 N–H and O–H groups in total. The highest BCUT2D eigenvalue weighted by Gasteiger charge is 2.08. The highest BCUT2D eigenvalue weighted by Crippen LogP contribution is 2.31. The molecule has 0 saturated carbocycles. The van der Waals surface area contributed by atoms with E-state index in [0.717, 1.165) is 0 Å². The van der Waals surface area contributed by atoms with E-state index in [2.05, 4.69) is 5.32 Å². The van der Waals surface area contributed by atoms with Crippen LogP contribution in [0.5, 0.6) is 0 Å². The van der Waals surface area contributed by atoms with Gasteiger partial charge in [0.15, 0.2) is 0 Å². The minimum atomic E-state index is -0.528. The molecule has 0 bridgehead atoms. The number of nitrogen functional groups attached to an aromatic ring is 1.